The first kappa shape index (κ1) is 38.3. The average Bonchev–Trinajstić information content (AvgIpc) is 3.67. The summed E-state index contributed by atoms with van der Waals surface area (Å²) in [5, 5.41) is 14.2. The Labute approximate surface area is 341 Å². The number of amides is 4. The second-order valence-corrected chi connectivity index (χ2v) is 16.3. The van der Waals surface area contributed by atoms with Crippen LogP contribution in [0.2, 0.25) is 0 Å². The number of carbonyl (C=O) groups excluding carboxylic acids is 4. The van der Waals surface area contributed by atoms with Gasteiger partial charge in [0.25, 0.3) is 11.8 Å². The third-order valence-corrected chi connectivity index (χ3v) is 12.5. The van der Waals surface area contributed by atoms with Crippen LogP contribution in [0.25, 0.3) is 11.0 Å². The lowest BCUT2D eigenvalue weighted by molar-refractivity contribution is -0.136. The molecule has 15 heteroatoms. The topological polar surface area (TPSA) is 158 Å². The molecule has 0 spiro atoms. The molecule has 3 N–H and O–H groups in total. The molecule has 4 aliphatic heterocycles. The smallest absolute Gasteiger partial charge is 0.262 e. The highest BCUT2D eigenvalue weighted by Crippen LogP contribution is 2.35. The maximum atomic E-state index is 15.5. The van der Waals surface area contributed by atoms with Gasteiger partial charge in [0.1, 0.15) is 11.9 Å². The zero-order chi connectivity index (χ0) is 40.9. The van der Waals surface area contributed by atoms with Gasteiger partial charge >= 0.3 is 0 Å². The van der Waals surface area contributed by atoms with E-state index in [4.69, 9.17) is 0 Å². The summed E-state index contributed by atoms with van der Waals surface area (Å²) in [5.41, 5.74) is 6.66. The normalized spacial score (nSPS) is 19.4. The molecule has 14 nitrogen and oxygen atoms in total. The molecule has 3 fully saturated rings. The molecule has 59 heavy (non-hydrogen) atoms. The van der Waals surface area contributed by atoms with Crippen LogP contribution in [0.1, 0.15) is 81.8 Å². The number of fused-ring (bicyclic) bond motifs is 2. The lowest BCUT2D eigenvalue weighted by Gasteiger charge is -2.38. The van der Waals surface area contributed by atoms with E-state index in [2.05, 4.69) is 66.8 Å². The van der Waals surface area contributed by atoms with Gasteiger partial charge in [0, 0.05) is 50.7 Å². The van der Waals surface area contributed by atoms with Crippen molar-refractivity contribution in [2.45, 2.75) is 64.3 Å². The van der Waals surface area contributed by atoms with Crippen LogP contribution in [0, 0.1) is 25.6 Å². The summed E-state index contributed by atoms with van der Waals surface area (Å²) in [7, 11) is 1.83. The van der Waals surface area contributed by atoms with Gasteiger partial charge in [-0.2, -0.15) is 10.1 Å². The molecule has 3 aromatic carbocycles. The molecule has 5 aromatic rings. The number of hydrogen-bond acceptors (Lipinski definition) is 11. The van der Waals surface area contributed by atoms with Crippen molar-refractivity contribution in [1.29, 1.82) is 0 Å². The third kappa shape index (κ3) is 7.39. The van der Waals surface area contributed by atoms with E-state index in [1.807, 2.05) is 25.2 Å². The number of aromatic nitrogens is 4. The molecular weight excluding hydrogens is 752 g/mol. The molecule has 2 aromatic heterocycles. The second-order valence-electron chi connectivity index (χ2n) is 16.3. The number of benzene rings is 3. The van der Waals surface area contributed by atoms with Gasteiger partial charge in [-0.1, -0.05) is 24.3 Å². The maximum Gasteiger partial charge on any atom is 0.262 e. The largest absolute Gasteiger partial charge is 0.371 e. The summed E-state index contributed by atoms with van der Waals surface area (Å²) in [6.45, 7) is 8.70. The summed E-state index contributed by atoms with van der Waals surface area (Å²) in [5.74, 6) is -0.544. The Hall–Kier alpha value is -6.22. The monoisotopic (exact) mass is 798 g/mol. The van der Waals surface area contributed by atoms with Crippen molar-refractivity contribution in [3.8, 4) is 0 Å². The van der Waals surface area contributed by atoms with Crippen LogP contribution in [-0.4, -0.2) is 91.9 Å². The van der Waals surface area contributed by atoms with E-state index in [0.717, 1.165) is 96.8 Å². The van der Waals surface area contributed by atoms with E-state index in [1.54, 1.807) is 35.1 Å². The van der Waals surface area contributed by atoms with Crippen molar-refractivity contribution >= 4 is 63.5 Å². The quantitative estimate of drug-likeness (QED) is 0.148. The molecule has 6 heterocycles. The standard InChI is InChI=1S/C44H47FN10O4/c1-25-5-4-6-26(2)38(25)49-39-33-23-46-44(50-40(33)52(3)51-39)47-35-10-7-29(21-34(35)45)28-15-17-53(18-16-28)24-27-13-19-54(20-14-27)30-8-9-31-32(22-30)43(59)55(42(31)58)36-11-12-37(56)48-41(36)57/h4-10,21-23,27-28,36H,11-20,24H2,1-3H3,(H,49,51)(H,46,47,50)(H,48,56,57). The van der Waals surface area contributed by atoms with Crippen LogP contribution in [0.5, 0.6) is 0 Å². The Morgan fingerprint density at radius 2 is 1.59 bits per heavy atom. The van der Waals surface area contributed by atoms with Crippen molar-refractivity contribution < 1.29 is 23.6 Å². The highest BCUT2D eigenvalue weighted by Gasteiger charge is 2.45. The number of rotatable bonds is 9. The summed E-state index contributed by atoms with van der Waals surface area (Å²) in [6.07, 6.45) is 5.87. The van der Waals surface area contributed by atoms with Crippen LogP contribution in [0.3, 0.4) is 0 Å². The number of anilines is 5. The van der Waals surface area contributed by atoms with Gasteiger partial charge in [0.15, 0.2) is 11.5 Å². The van der Waals surface area contributed by atoms with Gasteiger partial charge in [0.2, 0.25) is 17.8 Å². The number of piperidine rings is 3. The summed E-state index contributed by atoms with van der Waals surface area (Å²) in [4.78, 5) is 65.5. The van der Waals surface area contributed by atoms with Crippen molar-refractivity contribution in [1.82, 2.24) is 34.9 Å². The molecule has 4 aliphatic rings. The van der Waals surface area contributed by atoms with Crippen molar-refractivity contribution in [2.75, 3.05) is 48.3 Å². The number of halogens is 1. The number of hydrogen-bond donors (Lipinski definition) is 3. The third-order valence-electron chi connectivity index (χ3n) is 12.5. The Bertz CT molecular complexity index is 2480. The number of aryl methyl sites for hydroxylation is 3. The van der Waals surface area contributed by atoms with Gasteiger partial charge in [-0.05, 0) is 118 Å². The number of nitrogens with zero attached hydrogens (tertiary/aromatic N) is 7. The number of para-hydroxylation sites is 1. The highest BCUT2D eigenvalue weighted by atomic mass is 19.1. The fourth-order valence-corrected chi connectivity index (χ4v) is 9.17. The van der Waals surface area contributed by atoms with Crippen LogP contribution in [0.4, 0.5) is 33.2 Å². The predicted molar refractivity (Wildman–Crippen MR) is 222 cm³/mol. The van der Waals surface area contributed by atoms with E-state index in [1.165, 1.54) is 0 Å². The van der Waals surface area contributed by atoms with Gasteiger partial charge in [-0.15, -0.1) is 0 Å². The predicted octanol–water partition coefficient (Wildman–Crippen LogP) is 6.10. The fraction of sp³-hybridized carbons (Fsp3) is 0.386. The lowest BCUT2D eigenvalue weighted by atomic mass is 9.88. The zero-order valence-corrected chi connectivity index (χ0v) is 33.4. The average molecular weight is 799 g/mol. The Kier molecular flexibility index (Phi) is 10.1. The first-order valence-electron chi connectivity index (χ1n) is 20.4. The number of likely N-dealkylation sites (tertiary alicyclic amines) is 1. The number of nitrogens with one attached hydrogen (secondary N) is 3. The molecule has 1 unspecified atom stereocenters. The fourth-order valence-electron chi connectivity index (χ4n) is 9.17. The molecular formula is C44H47FN10O4. The van der Waals surface area contributed by atoms with Gasteiger partial charge < -0.3 is 20.4 Å². The SMILES string of the molecule is Cc1cccc(C)c1Nc1nn(C)c2nc(Nc3ccc(C4CCN(CC5CCN(c6ccc7c(c6)C(=O)N(C6CCC(=O)NC6=O)C7=O)CC5)CC4)cc3F)ncc12. The summed E-state index contributed by atoms with van der Waals surface area (Å²) < 4.78 is 17.2. The van der Waals surface area contributed by atoms with Gasteiger partial charge in [-0.3, -0.25) is 29.4 Å². The molecule has 9 rings (SSSR count). The summed E-state index contributed by atoms with van der Waals surface area (Å²) >= 11 is 0. The van der Waals surface area contributed by atoms with Crippen LogP contribution < -0.4 is 20.9 Å². The number of imide groups is 2. The molecule has 4 amide bonds. The lowest BCUT2D eigenvalue weighted by Crippen LogP contribution is -2.54. The van der Waals surface area contributed by atoms with E-state index in [-0.39, 0.29) is 24.6 Å². The van der Waals surface area contributed by atoms with Gasteiger partial charge in [0.05, 0.1) is 22.2 Å². The Morgan fingerprint density at radius 1 is 0.847 bits per heavy atom. The molecule has 1 atom stereocenters. The second kappa shape index (κ2) is 15.5. The minimum atomic E-state index is -0.975. The minimum absolute atomic E-state index is 0.0899. The van der Waals surface area contributed by atoms with Crippen molar-refractivity contribution in [3.05, 3.63) is 94.4 Å². The van der Waals surface area contributed by atoms with Crippen molar-refractivity contribution in [3.63, 3.8) is 0 Å². The van der Waals surface area contributed by atoms with Crippen LogP contribution in [-0.2, 0) is 16.6 Å². The maximum absolute atomic E-state index is 15.5. The molecule has 0 saturated carbocycles. The van der Waals surface area contributed by atoms with Crippen LogP contribution >= 0.6 is 0 Å². The molecule has 304 valence electrons. The zero-order valence-electron chi connectivity index (χ0n) is 33.4. The highest BCUT2D eigenvalue weighted by molar-refractivity contribution is 6.23. The Morgan fingerprint density at radius 3 is 2.32 bits per heavy atom. The van der Waals surface area contributed by atoms with E-state index >= 15 is 4.39 Å². The first-order chi connectivity index (χ1) is 28.5. The molecule has 0 radical (unpaired) electrons. The van der Waals surface area contributed by atoms with Gasteiger partial charge in [-0.25, -0.2) is 14.1 Å². The molecule has 0 bridgehead atoms. The first-order valence-corrected chi connectivity index (χ1v) is 20.4. The minimum Gasteiger partial charge on any atom is -0.371 e. The van der Waals surface area contributed by atoms with Crippen molar-refractivity contribution in [2.24, 2.45) is 13.0 Å². The molecule has 0 aliphatic carbocycles. The molecule has 3 saturated heterocycles. The van der Waals surface area contributed by atoms with E-state index in [9.17, 15) is 19.2 Å². The van der Waals surface area contributed by atoms with E-state index < -0.39 is 29.7 Å². The van der Waals surface area contributed by atoms with E-state index in [0.29, 0.717) is 40.1 Å². The number of carbonyl (C=O) groups is 4. The Balaban J connectivity index is 0.761. The summed E-state index contributed by atoms with van der Waals surface area (Å²) in [6, 6.07) is 15.9. The van der Waals surface area contributed by atoms with Crippen LogP contribution in [0.15, 0.2) is 60.8 Å².